The monoisotopic (exact) mass is 217 g/mol. The zero-order chi connectivity index (χ0) is 11.4. The number of aromatic nitrogens is 3. The van der Waals surface area contributed by atoms with Crippen LogP contribution in [0.2, 0.25) is 0 Å². The summed E-state index contributed by atoms with van der Waals surface area (Å²) in [7, 11) is 1.35. The molecule has 82 valence electrons. The van der Waals surface area contributed by atoms with E-state index in [1.165, 1.54) is 18.1 Å². The van der Waals surface area contributed by atoms with Gasteiger partial charge in [-0.1, -0.05) is 30.3 Å². The highest BCUT2D eigenvalue weighted by molar-refractivity contribution is 5.69. The van der Waals surface area contributed by atoms with Crippen molar-refractivity contribution in [3.8, 4) is 11.4 Å². The summed E-state index contributed by atoms with van der Waals surface area (Å²) in [5.74, 6) is 0.314. The molecule has 1 aromatic carbocycles. The third kappa shape index (κ3) is 2.08. The van der Waals surface area contributed by atoms with Gasteiger partial charge < -0.3 is 4.74 Å². The van der Waals surface area contributed by atoms with E-state index in [4.69, 9.17) is 0 Å². The maximum Gasteiger partial charge on any atom is 0.327 e. The molecule has 0 amide bonds. The van der Waals surface area contributed by atoms with Gasteiger partial charge in [0.15, 0.2) is 5.82 Å². The summed E-state index contributed by atoms with van der Waals surface area (Å²) in [6.45, 7) is 0.0702. The number of ether oxygens (including phenoxy) is 1. The lowest BCUT2D eigenvalue weighted by Gasteiger charge is -2.04. The normalized spacial score (nSPS) is 10.1. The molecule has 0 aliphatic carbocycles. The lowest BCUT2D eigenvalue weighted by atomic mass is 10.2. The van der Waals surface area contributed by atoms with Crippen molar-refractivity contribution in [2.45, 2.75) is 6.54 Å². The first-order valence-electron chi connectivity index (χ1n) is 4.81. The number of hydrogen-bond donors (Lipinski definition) is 0. The van der Waals surface area contributed by atoms with Crippen molar-refractivity contribution in [2.24, 2.45) is 0 Å². The van der Waals surface area contributed by atoms with Gasteiger partial charge in [0.25, 0.3) is 0 Å². The summed E-state index contributed by atoms with van der Waals surface area (Å²) in [4.78, 5) is 15.3. The van der Waals surface area contributed by atoms with Crippen molar-refractivity contribution in [1.82, 2.24) is 14.8 Å². The Bertz CT molecular complexity index is 479. The minimum absolute atomic E-state index is 0.0702. The van der Waals surface area contributed by atoms with Crippen LogP contribution in [0.1, 0.15) is 0 Å². The maximum atomic E-state index is 11.2. The minimum atomic E-state index is -0.345. The molecule has 0 atom stereocenters. The molecular formula is C11H11N3O2. The van der Waals surface area contributed by atoms with Crippen LogP contribution in [-0.2, 0) is 16.1 Å². The van der Waals surface area contributed by atoms with Crippen molar-refractivity contribution in [3.63, 3.8) is 0 Å². The molecule has 1 heterocycles. The summed E-state index contributed by atoms with van der Waals surface area (Å²) in [5.41, 5.74) is 0.920. The van der Waals surface area contributed by atoms with E-state index in [1.54, 1.807) is 0 Å². The minimum Gasteiger partial charge on any atom is -0.468 e. The van der Waals surface area contributed by atoms with Crippen LogP contribution in [0.4, 0.5) is 0 Å². The fraction of sp³-hybridized carbons (Fsp3) is 0.182. The Labute approximate surface area is 92.7 Å². The van der Waals surface area contributed by atoms with E-state index in [0.29, 0.717) is 5.82 Å². The molecule has 16 heavy (non-hydrogen) atoms. The number of carbonyl (C=O) groups is 1. The molecule has 0 aliphatic heterocycles. The largest absolute Gasteiger partial charge is 0.468 e. The van der Waals surface area contributed by atoms with Gasteiger partial charge in [0.1, 0.15) is 12.9 Å². The smallest absolute Gasteiger partial charge is 0.327 e. The maximum absolute atomic E-state index is 11.2. The number of rotatable bonds is 3. The number of esters is 1. The van der Waals surface area contributed by atoms with Crippen molar-refractivity contribution < 1.29 is 9.53 Å². The molecular weight excluding hydrogens is 206 g/mol. The molecule has 2 rings (SSSR count). The molecule has 0 bridgehead atoms. The predicted octanol–water partition coefficient (Wildman–Crippen LogP) is 1.12. The molecule has 0 spiro atoms. The third-order valence-electron chi connectivity index (χ3n) is 2.15. The second-order valence-corrected chi connectivity index (χ2v) is 3.18. The van der Waals surface area contributed by atoms with Crippen LogP contribution in [0.5, 0.6) is 0 Å². The van der Waals surface area contributed by atoms with Crippen LogP contribution in [-0.4, -0.2) is 27.8 Å². The lowest BCUT2D eigenvalue weighted by Crippen LogP contribution is -2.13. The third-order valence-corrected chi connectivity index (χ3v) is 2.15. The summed E-state index contributed by atoms with van der Waals surface area (Å²) in [6.07, 6.45) is 1.42. The van der Waals surface area contributed by atoms with Crippen LogP contribution in [0, 0.1) is 0 Å². The van der Waals surface area contributed by atoms with Gasteiger partial charge >= 0.3 is 5.97 Å². The molecule has 0 N–H and O–H groups in total. The van der Waals surface area contributed by atoms with E-state index in [-0.39, 0.29) is 12.5 Å². The van der Waals surface area contributed by atoms with Crippen LogP contribution in [0.25, 0.3) is 11.4 Å². The SMILES string of the molecule is COC(=O)Cn1ncnc1-c1ccccc1. The van der Waals surface area contributed by atoms with Gasteiger partial charge in [-0.05, 0) is 0 Å². The second kappa shape index (κ2) is 4.57. The highest BCUT2D eigenvalue weighted by Crippen LogP contribution is 2.15. The average molecular weight is 217 g/mol. The standard InChI is InChI=1S/C11H11N3O2/c1-16-10(15)7-14-11(12-8-13-14)9-5-3-2-4-6-9/h2-6,8H,7H2,1H3. The number of benzene rings is 1. The van der Waals surface area contributed by atoms with E-state index in [1.807, 2.05) is 30.3 Å². The number of carbonyl (C=O) groups excluding carboxylic acids is 1. The fourth-order valence-corrected chi connectivity index (χ4v) is 1.38. The lowest BCUT2D eigenvalue weighted by molar-refractivity contribution is -0.141. The van der Waals surface area contributed by atoms with Crippen molar-refractivity contribution in [1.29, 1.82) is 0 Å². The first kappa shape index (κ1) is 10.4. The van der Waals surface area contributed by atoms with Crippen LogP contribution in [0.3, 0.4) is 0 Å². The Morgan fingerprint density at radius 2 is 2.12 bits per heavy atom. The zero-order valence-corrected chi connectivity index (χ0v) is 8.83. The quantitative estimate of drug-likeness (QED) is 0.723. The van der Waals surface area contributed by atoms with Crippen molar-refractivity contribution in [2.75, 3.05) is 7.11 Å². The number of nitrogens with zero attached hydrogens (tertiary/aromatic N) is 3. The van der Waals surface area contributed by atoms with Crippen LogP contribution < -0.4 is 0 Å². The van der Waals surface area contributed by atoms with Gasteiger partial charge in [-0.15, -0.1) is 0 Å². The van der Waals surface area contributed by atoms with E-state index in [9.17, 15) is 4.79 Å². The first-order chi connectivity index (χ1) is 7.81. The van der Waals surface area contributed by atoms with Crippen molar-refractivity contribution >= 4 is 5.97 Å². The Morgan fingerprint density at radius 3 is 2.81 bits per heavy atom. The molecule has 0 saturated carbocycles. The molecule has 1 aromatic heterocycles. The summed E-state index contributed by atoms with van der Waals surface area (Å²) in [5, 5.41) is 3.99. The number of hydrogen-bond acceptors (Lipinski definition) is 4. The summed E-state index contributed by atoms with van der Waals surface area (Å²) in [6, 6.07) is 9.57. The Kier molecular flexibility index (Phi) is 2.95. The average Bonchev–Trinajstić information content (AvgIpc) is 2.78. The Hall–Kier alpha value is -2.17. The fourth-order valence-electron chi connectivity index (χ4n) is 1.38. The van der Waals surface area contributed by atoms with Gasteiger partial charge in [-0.25, -0.2) is 9.67 Å². The molecule has 0 saturated heterocycles. The van der Waals surface area contributed by atoms with Crippen LogP contribution >= 0.6 is 0 Å². The van der Waals surface area contributed by atoms with E-state index in [0.717, 1.165) is 5.56 Å². The summed E-state index contributed by atoms with van der Waals surface area (Å²) < 4.78 is 6.10. The van der Waals surface area contributed by atoms with Gasteiger partial charge in [0.05, 0.1) is 7.11 Å². The molecule has 5 heteroatoms. The zero-order valence-electron chi connectivity index (χ0n) is 8.83. The Morgan fingerprint density at radius 1 is 1.38 bits per heavy atom. The van der Waals surface area contributed by atoms with Gasteiger partial charge in [-0.3, -0.25) is 4.79 Å². The molecule has 0 aliphatic rings. The summed E-state index contributed by atoms with van der Waals surface area (Å²) >= 11 is 0. The highest BCUT2D eigenvalue weighted by atomic mass is 16.5. The molecule has 0 radical (unpaired) electrons. The molecule has 0 unspecified atom stereocenters. The van der Waals surface area contributed by atoms with Gasteiger partial charge in [-0.2, -0.15) is 5.10 Å². The van der Waals surface area contributed by atoms with E-state index in [2.05, 4.69) is 14.8 Å². The van der Waals surface area contributed by atoms with Crippen LogP contribution in [0.15, 0.2) is 36.7 Å². The molecule has 5 nitrogen and oxygen atoms in total. The van der Waals surface area contributed by atoms with Gasteiger partial charge in [0, 0.05) is 5.56 Å². The highest BCUT2D eigenvalue weighted by Gasteiger charge is 2.10. The second-order valence-electron chi connectivity index (χ2n) is 3.18. The van der Waals surface area contributed by atoms with E-state index >= 15 is 0 Å². The molecule has 0 fully saturated rings. The first-order valence-corrected chi connectivity index (χ1v) is 4.81. The topological polar surface area (TPSA) is 57.0 Å². The van der Waals surface area contributed by atoms with Gasteiger partial charge in [0.2, 0.25) is 0 Å². The number of methoxy groups -OCH3 is 1. The van der Waals surface area contributed by atoms with E-state index < -0.39 is 0 Å². The Balaban J connectivity index is 2.29. The molecule has 2 aromatic rings. The predicted molar refractivity (Wildman–Crippen MR) is 57.5 cm³/mol. The van der Waals surface area contributed by atoms with Crippen molar-refractivity contribution in [3.05, 3.63) is 36.7 Å².